The Hall–Kier alpha value is -0.840. The first-order valence-corrected chi connectivity index (χ1v) is 3.62. The van der Waals surface area contributed by atoms with Crippen LogP contribution in [0.2, 0.25) is 0 Å². The van der Waals surface area contributed by atoms with Crippen molar-refractivity contribution >= 4 is 0 Å². The van der Waals surface area contributed by atoms with Crippen LogP contribution in [-0.4, -0.2) is 41.2 Å². The van der Waals surface area contributed by atoms with E-state index in [-0.39, 0.29) is 6.61 Å². The highest BCUT2D eigenvalue weighted by Crippen LogP contribution is 2.18. The number of ether oxygens (including phenoxy) is 1. The summed E-state index contributed by atoms with van der Waals surface area (Å²) in [6.45, 7) is -0.258. The zero-order valence-electron chi connectivity index (χ0n) is 6.77. The standard InChI is InChI=1S/C8H12O4/c1-12-8-3-6(10)5(4-9)2-7(8)11/h2-3,6-7,9-11H,4H2,1H3. The molecule has 12 heavy (non-hydrogen) atoms. The predicted octanol–water partition coefficient (Wildman–Crippen LogP) is -0.829. The Labute approximate surface area is 70.4 Å². The van der Waals surface area contributed by atoms with E-state index in [9.17, 15) is 10.2 Å². The zero-order valence-corrected chi connectivity index (χ0v) is 6.77. The quantitative estimate of drug-likeness (QED) is 0.475. The van der Waals surface area contributed by atoms with Crippen LogP contribution in [0.25, 0.3) is 0 Å². The lowest BCUT2D eigenvalue weighted by molar-refractivity contribution is 0.138. The molecule has 2 unspecified atom stereocenters. The molecule has 3 N–H and O–H groups in total. The molecule has 0 saturated heterocycles. The van der Waals surface area contributed by atoms with Crippen LogP contribution in [0, 0.1) is 0 Å². The maximum atomic E-state index is 9.30. The molecular formula is C8H12O4. The minimum atomic E-state index is -0.861. The van der Waals surface area contributed by atoms with E-state index >= 15 is 0 Å². The Morgan fingerprint density at radius 3 is 2.50 bits per heavy atom. The van der Waals surface area contributed by atoms with Crippen molar-refractivity contribution in [2.24, 2.45) is 0 Å². The SMILES string of the molecule is COC1=CC(O)C(CO)=CC1O. The smallest absolute Gasteiger partial charge is 0.129 e. The highest BCUT2D eigenvalue weighted by Gasteiger charge is 2.20. The van der Waals surface area contributed by atoms with Gasteiger partial charge in [-0.05, 0) is 17.7 Å². The highest BCUT2D eigenvalue weighted by atomic mass is 16.5. The summed E-state index contributed by atoms with van der Waals surface area (Å²) < 4.78 is 4.79. The molecule has 0 aliphatic heterocycles. The molecule has 0 aromatic heterocycles. The first-order chi connectivity index (χ1) is 5.69. The van der Waals surface area contributed by atoms with Gasteiger partial charge < -0.3 is 20.1 Å². The monoisotopic (exact) mass is 172 g/mol. The molecule has 1 rings (SSSR count). The summed E-state index contributed by atoms with van der Waals surface area (Å²) in [5.41, 5.74) is 0.392. The minimum absolute atomic E-state index is 0.258. The van der Waals surface area contributed by atoms with Crippen molar-refractivity contribution in [1.82, 2.24) is 0 Å². The number of aliphatic hydroxyl groups is 3. The Morgan fingerprint density at radius 2 is 2.00 bits per heavy atom. The van der Waals surface area contributed by atoms with Gasteiger partial charge in [0, 0.05) is 0 Å². The van der Waals surface area contributed by atoms with Gasteiger partial charge >= 0.3 is 0 Å². The zero-order chi connectivity index (χ0) is 9.14. The van der Waals surface area contributed by atoms with E-state index in [1.165, 1.54) is 19.3 Å². The average molecular weight is 172 g/mol. The van der Waals surface area contributed by atoms with Crippen LogP contribution >= 0.6 is 0 Å². The molecule has 0 radical (unpaired) electrons. The third-order valence-electron chi connectivity index (χ3n) is 1.78. The fourth-order valence-electron chi connectivity index (χ4n) is 1.08. The fraction of sp³-hybridized carbons (Fsp3) is 0.500. The first-order valence-electron chi connectivity index (χ1n) is 3.62. The maximum absolute atomic E-state index is 9.30. The van der Waals surface area contributed by atoms with Gasteiger partial charge in [0.25, 0.3) is 0 Å². The van der Waals surface area contributed by atoms with Gasteiger partial charge in [-0.3, -0.25) is 0 Å². The van der Waals surface area contributed by atoms with Crippen molar-refractivity contribution in [1.29, 1.82) is 0 Å². The Bertz CT molecular complexity index is 195. The van der Waals surface area contributed by atoms with Gasteiger partial charge in [-0.2, -0.15) is 0 Å². The van der Waals surface area contributed by atoms with E-state index < -0.39 is 12.2 Å². The van der Waals surface area contributed by atoms with Crippen molar-refractivity contribution in [3.8, 4) is 0 Å². The molecule has 1 aliphatic carbocycles. The lowest BCUT2D eigenvalue weighted by Crippen LogP contribution is -2.23. The fourth-order valence-corrected chi connectivity index (χ4v) is 1.08. The van der Waals surface area contributed by atoms with Crippen molar-refractivity contribution in [3.63, 3.8) is 0 Å². The summed E-state index contributed by atoms with van der Waals surface area (Å²) in [7, 11) is 1.42. The van der Waals surface area contributed by atoms with Gasteiger partial charge in [-0.25, -0.2) is 0 Å². The molecule has 68 valence electrons. The largest absolute Gasteiger partial charge is 0.498 e. The summed E-state index contributed by atoms with van der Waals surface area (Å²) in [6, 6.07) is 0. The molecule has 0 saturated carbocycles. The average Bonchev–Trinajstić information content (AvgIpc) is 2.08. The summed E-state index contributed by atoms with van der Waals surface area (Å²) in [5, 5.41) is 27.3. The van der Waals surface area contributed by atoms with Gasteiger partial charge in [0.2, 0.25) is 0 Å². The number of methoxy groups -OCH3 is 1. The lowest BCUT2D eigenvalue weighted by atomic mass is 10.0. The molecule has 0 aromatic rings. The van der Waals surface area contributed by atoms with E-state index in [1.807, 2.05) is 0 Å². The van der Waals surface area contributed by atoms with Gasteiger partial charge in [-0.1, -0.05) is 0 Å². The van der Waals surface area contributed by atoms with Crippen molar-refractivity contribution in [2.45, 2.75) is 12.2 Å². The predicted molar refractivity (Wildman–Crippen MR) is 42.3 cm³/mol. The van der Waals surface area contributed by atoms with Crippen LogP contribution in [-0.2, 0) is 4.74 Å². The summed E-state index contributed by atoms with van der Waals surface area (Å²) in [6.07, 6.45) is 1.04. The summed E-state index contributed by atoms with van der Waals surface area (Å²) >= 11 is 0. The normalized spacial score (nSPS) is 29.3. The molecule has 0 spiro atoms. The highest BCUT2D eigenvalue weighted by molar-refractivity contribution is 5.28. The number of aliphatic hydroxyl groups excluding tert-OH is 3. The minimum Gasteiger partial charge on any atom is -0.498 e. The van der Waals surface area contributed by atoms with Crippen molar-refractivity contribution in [3.05, 3.63) is 23.5 Å². The van der Waals surface area contributed by atoms with Gasteiger partial charge in [0.05, 0.1) is 19.8 Å². The molecule has 0 heterocycles. The Morgan fingerprint density at radius 1 is 1.33 bits per heavy atom. The molecule has 1 aliphatic rings. The molecule has 0 fully saturated rings. The number of hydrogen-bond acceptors (Lipinski definition) is 4. The van der Waals surface area contributed by atoms with Crippen molar-refractivity contribution in [2.75, 3.05) is 13.7 Å². The van der Waals surface area contributed by atoms with E-state index in [4.69, 9.17) is 9.84 Å². The molecule has 0 amide bonds. The van der Waals surface area contributed by atoms with Crippen LogP contribution in [0.5, 0.6) is 0 Å². The number of rotatable bonds is 2. The molecule has 4 heteroatoms. The topological polar surface area (TPSA) is 69.9 Å². The second-order valence-electron chi connectivity index (χ2n) is 2.56. The summed E-state index contributed by atoms with van der Waals surface area (Å²) in [4.78, 5) is 0. The van der Waals surface area contributed by atoms with Crippen LogP contribution in [0.15, 0.2) is 23.5 Å². The summed E-state index contributed by atoms with van der Waals surface area (Å²) in [5.74, 6) is 0.305. The van der Waals surface area contributed by atoms with Gasteiger partial charge in [0.15, 0.2) is 0 Å². The molecule has 2 atom stereocenters. The number of hydrogen-bond donors (Lipinski definition) is 3. The van der Waals surface area contributed by atoms with Crippen molar-refractivity contribution < 1.29 is 20.1 Å². The van der Waals surface area contributed by atoms with Gasteiger partial charge in [0.1, 0.15) is 11.9 Å². The Kier molecular flexibility index (Phi) is 2.86. The second kappa shape index (κ2) is 3.71. The van der Waals surface area contributed by atoms with Crippen LogP contribution < -0.4 is 0 Å². The maximum Gasteiger partial charge on any atom is 0.129 e. The van der Waals surface area contributed by atoms with Crippen LogP contribution in [0.3, 0.4) is 0 Å². The van der Waals surface area contributed by atoms with E-state index in [2.05, 4.69) is 0 Å². The van der Waals surface area contributed by atoms with E-state index in [0.717, 1.165) is 0 Å². The first kappa shape index (κ1) is 9.25. The Balaban J connectivity index is 2.79. The molecular weight excluding hydrogens is 160 g/mol. The second-order valence-corrected chi connectivity index (χ2v) is 2.56. The molecule has 0 bridgehead atoms. The van der Waals surface area contributed by atoms with Gasteiger partial charge in [-0.15, -0.1) is 0 Å². The van der Waals surface area contributed by atoms with Crippen LogP contribution in [0.4, 0.5) is 0 Å². The van der Waals surface area contributed by atoms with E-state index in [0.29, 0.717) is 11.3 Å². The third-order valence-corrected chi connectivity index (χ3v) is 1.78. The lowest BCUT2D eigenvalue weighted by Gasteiger charge is -2.20. The van der Waals surface area contributed by atoms with E-state index in [1.54, 1.807) is 0 Å². The van der Waals surface area contributed by atoms with Crippen LogP contribution in [0.1, 0.15) is 0 Å². The molecule has 0 aromatic carbocycles. The molecule has 4 nitrogen and oxygen atoms in total. The third kappa shape index (κ3) is 1.66.